The van der Waals surface area contributed by atoms with Gasteiger partial charge >= 0.3 is 0 Å². The van der Waals surface area contributed by atoms with E-state index < -0.39 is 0 Å². The third-order valence-electron chi connectivity index (χ3n) is 5.36. The topological polar surface area (TPSA) is 117 Å². The zero-order chi connectivity index (χ0) is 23.0. The Balaban J connectivity index is 2.26. The Morgan fingerprint density at radius 2 is 2.00 bits per heavy atom. The molecule has 0 aliphatic heterocycles. The maximum atomic E-state index is 10.6. The molecule has 8 nitrogen and oxygen atoms in total. The minimum atomic E-state index is 0.0588. The Kier molecular flexibility index (Phi) is 9.33. The standard InChI is InChI=1S/C23H37N5O3/c1-6-7-20(15(2)14-29)26-22-19(16(3)25-23(24)27-22)12-17-8-9-18(13-21(17)30)31-11-10-28(4)5/h8-9,13,15,20,29-30H,6-7,10-12,14H2,1-5H3,(H3,24,25,26,27)/t15?,20-/m0/s1. The molecule has 0 radical (unpaired) electrons. The van der Waals surface area contributed by atoms with Crippen molar-refractivity contribution in [1.29, 1.82) is 0 Å². The second kappa shape index (κ2) is 11.7. The van der Waals surface area contributed by atoms with Gasteiger partial charge in [0.1, 0.15) is 23.9 Å². The van der Waals surface area contributed by atoms with Gasteiger partial charge in [-0.25, -0.2) is 4.98 Å². The minimum absolute atomic E-state index is 0.0588. The number of aromatic nitrogens is 2. The van der Waals surface area contributed by atoms with Crippen molar-refractivity contribution in [2.24, 2.45) is 5.92 Å². The summed E-state index contributed by atoms with van der Waals surface area (Å²) in [6, 6.07) is 5.42. The first-order valence-electron chi connectivity index (χ1n) is 10.8. The highest BCUT2D eigenvalue weighted by Gasteiger charge is 2.20. The first kappa shape index (κ1) is 24.7. The lowest BCUT2D eigenvalue weighted by atomic mass is 9.97. The van der Waals surface area contributed by atoms with Crippen LogP contribution in [-0.4, -0.2) is 65.0 Å². The molecule has 0 saturated carbocycles. The van der Waals surface area contributed by atoms with Gasteiger partial charge in [0, 0.05) is 42.9 Å². The number of hydrogen-bond donors (Lipinski definition) is 4. The van der Waals surface area contributed by atoms with Crippen LogP contribution < -0.4 is 15.8 Å². The molecule has 8 heteroatoms. The van der Waals surface area contributed by atoms with E-state index in [9.17, 15) is 10.2 Å². The van der Waals surface area contributed by atoms with Crippen molar-refractivity contribution in [2.75, 3.05) is 44.9 Å². The van der Waals surface area contributed by atoms with Crippen LogP contribution >= 0.6 is 0 Å². The number of phenolic OH excluding ortho intramolecular Hbond substituents is 1. The summed E-state index contributed by atoms with van der Waals surface area (Å²) in [7, 11) is 3.97. The largest absolute Gasteiger partial charge is 0.508 e. The van der Waals surface area contributed by atoms with Crippen LogP contribution in [0.25, 0.3) is 0 Å². The molecule has 2 rings (SSSR count). The molecule has 0 saturated heterocycles. The monoisotopic (exact) mass is 431 g/mol. The molecule has 0 aliphatic rings. The van der Waals surface area contributed by atoms with Crippen molar-refractivity contribution in [2.45, 2.75) is 46.1 Å². The molecule has 0 amide bonds. The number of hydrogen-bond acceptors (Lipinski definition) is 8. The van der Waals surface area contributed by atoms with Gasteiger partial charge in [-0.1, -0.05) is 26.3 Å². The molecule has 5 N–H and O–H groups in total. The Morgan fingerprint density at radius 3 is 2.61 bits per heavy atom. The summed E-state index contributed by atoms with van der Waals surface area (Å²) in [5.74, 6) is 1.71. The van der Waals surface area contributed by atoms with Crippen LogP contribution in [0.15, 0.2) is 18.2 Å². The van der Waals surface area contributed by atoms with Crippen molar-refractivity contribution in [1.82, 2.24) is 14.9 Å². The summed E-state index contributed by atoms with van der Waals surface area (Å²) in [5, 5.41) is 23.7. The van der Waals surface area contributed by atoms with Gasteiger partial charge in [0.05, 0.1) is 0 Å². The van der Waals surface area contributed by atoms with Crippen LogP contribution in [-0.2, 0) is 6.42 Å². The van der Waals surface area contributed by atoms with Gasteiger partial charge in [-0.2, -0.15) is 4.98 Å². The molecule has 2 atom stereocenters. The maximum absolute atomic E-state index is 10.6. The molecule has 31 heavy (non-hydrogen) atoms. The van der Waals surface area contributed by atoms with Gasteiger partial charge in [-0.3, -0.25) is 0 Å². The number of aromatic hydroxyl groups is 1. The first-order chi connectivity index (χ1) is 14.7. The lowest BCUT2D eigenvalue weighted by Crippen LogP contribution is -2.30. The van der Waals surface area contributed by atoms with Gasteiger partial charge in [-0.05, 0) is 45.0 Å². The number of nitrogen functional groups attached to an aromatic ring is 1. The minimum Gasteiger partial charge on any atom is -0.508 e. The number of aliphatic hydroxyl groups excluding tert-OH is 1. The predicted octanol–water partition coefficient (Wildman–Crippen LogP) is 2.81. The Morgan fingerprint density at radius 1 is 1.26 bits per heavy atom. The zero-order valence-corrected chi connectivity index (χ0v) is 19.4. The van der Waals surface area contributed by atoms with Crippen molar-refractivity contribution in [3.8, 4) is 11.5 Å². The predicted molar refractivity (Wildman–Crippen MR) is 125 cm³/mol. The molecular weight excluding hydrogens is 394 g/mol. The number of benzene rings is 1. The molecule has 0 bridgehead atoms. The quantitative estimate of drug-likeness (QED) is 0.405. The second-order valence-corrected chi connectivity index (χ2v) is 8.31. The van der Waals surface area contributed by atoms with Crippen molar-refractivity contribution < 1.29 is 14.9 Å². The fourth-order valence-electron chi connectivity index (χ4n) is 3.38. The van der Waals surface area contributed by atoms with Crippen LogP contribution in [0.5, 0.6) is 11.5 Å². The van der Waals surface area contributed by atoms with E-state index in [2.05, 4.69) is 22.2 Å². The summed E-state index contributed by atoms with van der Waals surface area (Å²) in [6.45, 7) is 7.43. The molecule has 1 heterocycles. The van der Waals surface area contributed by atoms with E-state index in [1.807, 2.05) is 45.0 Å². The van der Waals surface area contributed by atoms with Gasteiger partial charge in [0.2, 0.25) is 5.95 Å². The van der Waals surface area contributed by atoms with Crippen molar-refractivity contribution >= 4 is 11.8 Å². The van der Waals surface area contributed by atoms with E-state index in [0.717, 1.165) is 36.2 Å². The molecule has 0 aliphatic carbocycles. The average molecular weight is 432 g/mol. The number of nitrogens with two attached hydrogens (primary N) is 1. The normalized spacial score (nSPS) is 13.3. The highest BCUT2D eigenvalue weighted by molar-refractivity contribution is 5.54. The SMILES string of the molecule is CCC[C@H](Nc1nc(N)nc(C)c1Cc1ccc(OCCN(C)C)cc1O)C(C)CO. The number of likely N-dealkylation sites (N-methyl/N-ethyl adjacent to an activating group) is 1. The first-order valence-corrected chi connectivity index (χ1v) is 10.8. The van der Waals surface area contributed by atoms with Crippen LogP contribution in [0.1, 0.15) is 43.5 Å². The Labute approximate surface area is 185 Å². The van der Waals surface area contributed by atoms with Crippen LogP contribution in [0.3, 0.4) is 0 Å². The van der Waals surface area contributed by atoms with Gasteiger partial charge < -0.3 is 30.9 Å². The van der Waals surface area contributed by atoms with Gasteiger partial charge in [-0.15, -0.1) is 0 Å². The van der Waals surface area contributed by atoms with Gasteiger partial charge in [0.15, 0.2) is 0 Å². The third-order valence-corrected chi connectivity index (χ3v) is 5.36. The van der Waals surface area contributed by atoms with E-state index in [4.69, 9.17) is 10.5 Å². The van der Waals surface area contributed by atoms with E-state index in [1.54, 1.807) is 6.07 Å². The number of nitrogens with zero attached hydrogens (tertiary/aromatic N) is 3. The lowest BCUT2D eigenvalue weighted by Gasteiger charge is -2.26. The highest BCUT2D eigenvalue weighted by atomic mass is 16.5. The lowest BCUT2D eigenvalue weighted by molar-refractivity contribution is 0.218. The zero-order valence-electron chi connectivity index (χ0n) is 19.4. The van der Waals surface area contributed by atoms with E-state index in [1.165, 1.54) is 0 Å². The third kappa shape index (κ3) is 7.25. The molecule has 1 unspecified atom stereocenters. The number of anilines is 2. The molecule has 2 aromatic rings. The van der Waals surface area contributed by atoms with E-state index >= 15 is 0 Å². The fourth-order valence-corrected chi connectivity index (χ4v) is 3.38. The van der Waals surface area contributed by atoms with Gasteiger partial charge in [0.25, 0.3) is 0 Å². The van der Waals surface area contributed by atoms with Crippen LogP contribution in [0, 0.1) is 12.8 Å². The van der Waals surface area contributed by atoms with Crippen molar-refractivity contribution in [3.05, 3.63) is 35.0 Å². The number of phenols is 1. The van der Waals surface area contributed by atoms with Crippen molar-refractivity contribution in [3.63, 3.8) is 0 Å². The average Bonchev–Trinajstić information content (AvgIpc) is 2.70. The highest BCUT2D eigenvalue weighted by Crippen LogP contribution is 2.30. The van der Waals surface area contributed by atoms with E-state index in [0.29, 0.717) is 24.6 Å². The Hall–Kier alpha value is -2.58. The number of rotatable bonds is 12. The van der Waals surface area contributed by atoms with E-state index in [-0.39, 0.29) is 30.3 Å². The number of ether oxygens (including phenoxy) is 1. The fraction of sp³-hybridized carbons (Fsp3) is 0.565. The molecule has 1 aromatic heterocycles. The summed E-state index contributed by atoms with van der Waals surface area (Å²) >= 11 is 0. The van der Waals surface area contributed by atoms with Crippen LogP contribution in [0.4, 0.5) is 11.8 Å². The molecule has 1 aromatic carbocycles. The molecular formula is C23H37N5O3. The number of aryl methyl sites for hydroxylation is 1. The van der Waals surface area contributed by atoms with Crippen LogP contribution in [0.2, 0.25) is 0 Å². The Bertz CT molecular complexity index is 844. The molecule has 0 spiro atoms. The second-order valence-electron chi connectivity index (χ2n) is 8.31. The summed E-state index contributed by atoms with van der Waals surface area (Å²) in [6.07, 6.45) is 2.33. The summed E-state index contributed by atoms with van der Waals surface area (Å²) < 4.78 is 5.71. The number of aliphatic hydroxyl groups is 1. The smallest absolute Gasteiger partial charge is 0.222 e. The molecule has 0 fully saturated rings. The maximum Gasteiger partial charge on any atom is 0.222 e. The summed E-state index contributed by atoms with van der Waals surface area (Å²) in [5.41, 5.74) is 8.30. The summed E-state index contributed by atoms with van der Waals surface area (Å²) in [4.78, 5) is 10.8. The number of nitrogens with one attached hydrogen (secondary N) is 1. The molecule has 172 valence electrons.